The number of hydrogen-bond acceptors (Lipinski definition) is 3. The molecule has 1 amide bonds. The topological polar surface area (TPSA) is 50.7 Å². The molecule has 0 aliphatic carbocycles. The number of nitrogens with zero attached hydrogens (tertiary/aromatic N) is 1. The molecule has 0 atom stereocenters. The Bertz CT molecular complexity index is 772. The van der Waals surface area contributed by atoms with Crippen LogP contribution in [0, 0.1) is 6.92 Å². The molecule has 0 heterocycles. The lowest BCUT2D eigenvalue weighted by Gasteiger charge is -2.23. The lowest BCUT2D eigenvalue weighted by Crippen LogP contribution is -2.25. The Morgan fingerprint density at radius 1 is 1.15 bits per heavy atom. The molecule has 0 unspecified atom stereocenters. The zero-order valence-electron chi connectivity index (χ0n) is 16.3. The summed E-state index contributed by atoms with van der Waals surface area (Å²) in [5, 5.41) is 3.99. The van der Waals surface area contributed by atoms with Gasteiger partial charge in [0.25, 0.3) is 5.91 Å². The van der Waals surface area contributed by atoms with E-state index in [-0.39, 0.29) is 17.9 Å². The number of hydrazone groups is 1. The number of carbonyl (C=O) groups is 1. The third-order valence-corrected chi connectivity index (χ3v) is 4.09. The van der Waals surface area contributed by atoms with Crippen LogP contribution in [0.1, 0.15) is 49.9 Å². The third kappa shape index (κ3) is 5.73. The normalized spacial score (nSPS) is 11.6. The molecule has 26 heavy (non-hydrogen) atoms. The van der Waals surface area contributed by atoms with Gasteiger partial charge in [0.1, 0.15) is 5.75 Å². The third-order valence-electron chi connectivity index (χ3n) is 4.09. The molecule has 1 N–H and O–H groups in total. The fraction of sp³-hybridized carbons (Fsp3) is 0.364. The van der Waals surface area contributed by atoms with Crippen molar-refractivity contribution in [1.29, 1.82) is 0 Å². The van der Waals surface area contributed by atoms with Gasteiger partial charge in [-0.05, 0) is 47.1 Å². The molecular formula is C22H28N2O2. The van der Waals surface area contributed by atoms with Gasteiger partial charge in [0.05, 0.1) is 6.21 Å². The van der Waals surface area contributed by atoms with Crippen LogP contribution < -0.4 is 10.2 Å². The van der Waals surface area contributed by atoms with Crippen LogP contribution in [0.4, 0.5) is 0 Å². The number of ether oxygens (including phenoxy) is 1. The number of aryl methyl sites for hydroxylation is 2. The fourth-order valence-electron chi connectivity index (χ4n) is 2.56. The van der Waals surface area contributed by atoms with Crippen LogP contribution in [0.3, 0.4) is 0 Å². The Hall–Kier alpha value is -2.62. The number of hydrogen-bond donors (Lipinski definition) is 1. The Morgan fingerprint density at radius 2 is 1.85 bits per heavy atom. The van der Waals surface area contributed by atoms with Crippen molar-refractivity contribution in [3.05, 3.63) is 64.7 Å². The second-order valence-electron chi connectivity index (χ2n) is 7.43. The summed E-state index contributed by atoms with van der Waals surface area (Å²) >= 11 is 0. The standard InChI is InChI=1S/C22H28N2O2/c1-6-17-8-10-18(11-9-17)14-23-24-21(25)15-26-20-13-16(2)7-12-19(20)22(3,4)5/h7-14H,6,15H2,1-5H3,(H,24,25). The molecular weight excluding hydrogens is 324 g/mol. The summed E-state index contributed by atoms with van der Waals surface area (Å²) in [5.41, 5.74) is 6.85. The lowest BCUT2D eigenvalue weighted by atomic mass is 9.86. The Morgan fingerprint density at radius 3 is 2.46 bits per heavy atom. The van der Waals surface area contributed by atoms with Crippen molar-refractivity contribution < 1.29 is 9.53 Å². The van der Waals surface area contributed by atoms with Gasteiger partial charge in [-0.2, -0.15) is 5.10 Å². The number of carbonyl (C=O) groups excluding carboxylic acids is 1. The molecule has 0 saturated carbocycles. The number of benzene rings is 2. The SMILES string of the molecule is CCc1ccc(C=NNC(=O)COc2cc(C)ccc2C(C)(C)C)cc1. The molecule has 0 spiro atoms. The maximum Gasteiger partial charge on any atom is 0.277 e. The summed E-state index contributed by atoms with van der Waals surface area (Å²) in [7, 11) is 0. The molecule has 4 nitrogen and oxygen atoms in total. The van der Waals surface area contributed by atoms with Gasteiger partial charge in [0.15, 0.2) is 6.61 Å². The first kappa shape index (κ1) is 19.7. The van der Waals surface area contributed by atoms with E-state index in [1.54, 1.807) is 6.21 Å². The van der Waals surface area contributed by atoms with Gasteiger partial charge in [0, 0.05) is 0 Å². The molecule has 0 saturated heterocycles. The lowest BCUT2D eigenvalue weighted by molar-refractivity contribution is -0.123. The molecule has 0 bridgehead atoms. The largest absolute Gasteiger partial charge is 0.483 e. The van der Waals surface area contributed by atoms with E-state index < -0.39 is 0 Å². The van der Waals surface area contributed by atoms with Crippen LogP contribution in [0.25, 0.3) is 0 Å². The highest BCUT2D eigenvalue weighted by molar-refractivity contribution is 5.82. The van der Waals surface area contributed by atoms with Gasteiger partial charge in [0.2, 0.25) is 0 Å². The van der Waals surface area contributed by atoms with Gasteiger partial charge in [-0.15, -0.1) is 0 Å². The van der Waals surface area contributed by atoms with Gasteiger partial charge in [-0.25, -0.2) is 5.43 Å². The number of nitrogens with one attached hydrogen (secondary N) is 1. The van der Waals surface area contributed by atoms with Gasteiger partial charge in [-0.3, -0.25) is 4.79 Å². The first-order chi connectivity index (χ1) is 12.3. The van der Waals surface area contributed by atoms with Crippen molar-refractivity contribution in [1.82, 2.24) is 5.43 Å². The molecule has 0 aromatic heterocycles. The van der Waals surface area contributed by atoms with E-state index in [1.807, 2.05) is 25.1 Å². The molecule has 4 heteroatoms. The predicted octanol–water partition coefficient (Wildman–Crippen LogP) is 4.38. The minimum Gasteiger partial charge on any atom is -0.483 e. The van der Waals surface area contributed by atoms with Crippen molar-refractivity contribution >= 4 is 12.1 Å². The molecule has 0 aliphatic heterocycles. The zero-order valence-corrected chi connectivity index (χ0v) is 16.3. The van der Waals surface area contributed by atoms with Gasteiger partial charge >= 0.3 is 0 Å². The number of amides is 1. The van der Waals surface area contributed by atoms with E-state index in [4.69, 9.17) is 4.74 Å². The molecule has 0 fully saturated rings. The quantitative estimate of drug-likeness (QED) is 0.619. The molecule has 2 aromatic rings. The van der Waals surface area contributed by atoms with Crippen LogP contribution in [-0.2, 0) is 16.6 Å². The summed E-state index contributed by atoms with van der Waals surface area (Å²) in [5.74, 6) is 0.458. The van der Waals surface area contributed by atoms with E-state index in [1.165, 1.54) is 5.56 Å². The second-order valence-corrected chi connectivity index (χ2v) is 7.43. The average Bonchev–Trinajstić information content (AvgIpc) is 2.59. The molecule has 2 rings (SSSR count). The zero-order chi connectivity index (χ0) is 19.2. The maximum absolute atomic E-state index is 12.0. The maximum atomic E-state index is 12.0. The summed E-state index contributed by atoms with van der Waals surface area (Å²) < 4.78 is 5.75. The molecule has 0 aliphatic rings. The highest BCUT2D eigenvalue weighted by atomic mass is 16.5. The second kappa shape index (κ2) is 8.65. The summed E-state index contributed by atoms with van der Waals surface area (Å²) in [6.07, 6.45) is 2.63. The van der Waals surface area contributed by atoms with Crippen molar-refractivity contribution in [3.8, 4) is 5.75 Å². The van der Waals surface area contributed by atoms with E-state index in [0.717, 1.165) is 28.9 Å². The van der Waals surface area contributed by atoms with Crippen molar-refractivity contribution in [3.63, 3.8) is 0 Å². The predicted molar refractivity (Wildman–Crippen MR) is 107 cm³/mol. The Labute approximate surface area is 156 Å². The van der Waals surface area contributed by atoms with Crippen molar-refractivity contribution in [2.75, 3.05) is 6.61 Å². The molecule has 2 aromatic carbocycles. The van der Waals surface area contributed by atoms with Crippen LogP contribution in [-0.4, -0.2) is 18.7 Å². The highest BCUT2D eigenvalue weighted by Gasteiger charge is 2.19. The van der Waals surface area contributed by atoms with Crippen molar-refractivity contribution in [2.45, 2.75) is 46.5 Å². The monoisotopic (exact) mass is 352 g/mol. The van der Waals surface area contributed by atoms with E-state index in [9.17, 15) is 4.79 Å². The fourth-order valence-corrected chi connectivity index (χ4v) is 2.56. The molecule has 138 valence electrons. The van der Waals surface area contributed by atoms with E-state index >= 15 is 0 Å². The summed E-state index contributed by atoms with van der Waals surface area (Å²) in [6.45, 7) is 10.4. The summed E-state index contributed by atoms with van der Waals surface area (Å²) in [6, 6.07) is 14.1. The summed E-state index contributed by atoms with van der Waals surface area (Å²) in [4.78, 5) is 12.0. The Kier molecular flexibility index (Phi) is 6.56. The first-order valence-electron chi connectivity index (χ1n) is 8.94. The Balaban J connectivity index is 1.92. The minimum absolute atomic E-state index is 0.0533. The van der Waals surface area contributed by atoms with E-state index in [0.29, 0.717) is 0 Å². The van der Waals surface area contributed by atoms with Crippen LogP contribution >= 0.6 is 0 Å². The van der Waals surface area contributed by atoms with Gasteiger partial charge in [-0.1, -0.05) is 64.1 Å². The van der Waals surface area contributed by atoms with Crippen molar-refractivity contribution in [2.24, 2.45) is 5.10 Å². The minimum atomic E-state index is -0.284. The number of rotatable bonds is 6. The smallest absolute Gasteiger partial charge is 0.277 e. The van der Waals surface area contributed by atoms with Crippen LogP contribution in [0.2, 0.25) is 0 Å². The van der Waals surface area contributed by atoms with E-state index in [2.05, 4.69) is 62.5 Å². The van der Waals surface area contributed by atoms with Crippen LogP contribution in [0.5, 0.6) is 5.75 Å². The molecule has 0 radical (unpaired) electrons. The van der Waals surface area contributed by atoms with Crippen LogP contribution in [0.15, 0.2) is 47.6 Å². The average molecular weight is 352 g/mol. The van der Waals surface area contributed by atoms with Gasteiger partial charge < -0.3 is 4.74 Å². The highest BCUT2D eigenvalue weighted by Crippen LogP contribution is 2.31. The first-order valence-corrected chi connectivity index (χ1v) is 8.94.